The van der Waals surface area contributed by atoms with E-state index < -0.39 is 32.9 Å². The summed E-state index contributed by atoms with van der Waals surface area (Å²) in [7, 11) is -4.64. The maximum Gasteiger partial charge on any atom is 0.469 e. The first-order valence-corrected chi connectivity index (χ1v) is 10.9. The van der Waals surface area contributed by atoms with Gasteiger partial charge in [-0.05, 0) is 25.8 Å². The summed E-state index contributed by atoms with van der Waals surface area (Å²) in [6, 6.07) is 0. The molecular formula is C16H25N6O6P. The summed E-state index contributed by atoms with van der Waals surface area (Å²) >= 11 is 0. The zero-order valence-electron chi connectivity index (χ0n) is 15.7. The molecule has 1 aliphatic heterocycles. The summed E-state index contributed by atoms with van der Waals surface area (Å²) in [5, 5.41) is 10.1. The fourth-order valence-corrected chi connectivity index (χ4v) is 3.40. The zero-order valence-corrected chi connectivity index (χ0v) is 16.6. The maximum absolute atomic E-state index is 10.9. The summed E-state index contributed by atoms with van der Waals surface area (Å²) in [5.41, 5.74) is 6.46. The Morgan fingerprint density at radius 3 is 2.93 bits per heavy atom. The molecule has 0 radical (unpaired) electrons. The number of phosphoric ester groups is 1. The zero-order chi connectivity index (χ0) is 20.9. The van der Waals surface area contributed by atoms with Crippen LogP contribution >= 0.6 is 7.82 Å². The summed E-state index contributed by atoms with van der Waals surface area (Å²) in [6.45, 7) is 0.259. The van der Waals surface area contributed by atoms with Crippen molar-refractivity contribution in [3.63, 3.8) is 0 Å². The second-order valence-corrected chi connectivity index (χ2v) is 7.93. The van der Waals surface area contributed by atoms with Crippen LogP contribution in [0.3, 0.4) is 0 Å². The molecule has 1 aliphatic rings. The number of rotatable bonds is 10. The Kier molecular flexibility index (Phi) is 7.41. The number of imidazole rings is 1. The maximum atomic E-state index is 10.9. The summed E-state index contributed by atoms with van der Waals surface area (Å²) in [5.74, 6) is 0.438. The molecule has 0 amide bonds. The number of ether oxygens (including phenoxy) is 1. The van der Waals surface area contributed by atoms with E-state index in [0.717, 1.165) is 25.7 Å². The van der Waals surface area contributed by atoms with Crippen LogP contribution in [-0.4, -0.2) is 66.0 Å². The lowest BCUT2D eigenvalue weighted by Crippen LogP contribution is -2.25. The Hall–Kier alpha value is -1.79. The van der Waals surface area contributed by atoms with Crippen molar-refractivity contribution in [2.75, 3.05) is 13.2 Å². The number of fused-ring (bicyclic) bond motifs is 1. The Morgan fingerprint density at radius 1 is 1.34 bits per heavy atom. The number of nitrogens with zero attached hydrogens (tertiary/aromatic N) is 5. The first-order chi connectivity index (χ1) is 13.9. The van der Waals surface area contributed by atoms with E-state index >= 15 is 0 Å². The molecule has 0 aliphatic carbocycles. The second-order valence-electron chi connectivity index (χ2n) is 6.69. The van der Waals surface area contributed by atoms with Gasteiger partial charge in [0.2, 0.25) is 0 Å². The molecular weight excluding hydrogens is 403 g/mol. The smallest absolute Gasteiger partial charge is 0.390 e. The summed E-state index contributed by atoms with van der Waals surface area (Å²) in [4.78, 5) is 34.7. The van der Waals surface area contributed by atoms with Gasteiger partial charge in [-0.2, -0.15) is 0 Å². The van der Waals surface area contributed by atoms with Crippen LogP contribution in [0.15, 0.2) is 17.6 Å². The van der Waals surface area contributed by atoms with Crippen molar-refractivity contribution in [1.29, 1.82) is 0 Å². The van der Waals surface area contributed by atoms with Crippen molar-refractivity contribution < 1.29 is 28.7 Å². The number of aliphatic hydroxyl groups excluding tert-OH is 1. The lowest BCUT2D eigenvalue weighted by molar-refractivity contribution is -0.0424. The largest absolute Gasteiger partial charge is 0.469 e. The Bertz CT molecular complexity index is 886. The molecule has 3 rings (SSSR count). The van der Waals surface area contributed by atoms with Crippen LogP contribution in [0.1, 0.15) is 38.3 Å². The van der Waals surface area contributed by atoms with E-state index in [1.54, 1.807) is 10.8 Å². The fourth-order valence-electron chi connectivity index (χ4n) is 3.06. The quantitative estimate of drug-likeness (QED) is 0.240. The lowest BCUT2D eigenvalue weighted by Gasteiger charge is -2.16. The van der Waals surface area contributed by atoms with Crippen LogP contribution in [0, 0.1) is 0 Å². The van der Waals surface area contributed by atoms with E-state index in [0.29, 0.717) is 23.5 Å². The van der Waals surface area contributed by atoms with E-state index in [1.807, 2.05) is 0 Å². The second kappa shape index (κ2) is 9.81. The van der Waals surface area contributed by atoms with Crippen LogP contribution < -0.4 is 5.73 Å². The average Bonchev–Trinajstić information content (AvgIpc) is 3.26. The van der Waals surface area contributed by atoms with Gasteiger partial charge >= 0.3 is 7.82 Å². The van der Waals surface area contributed by atoms with Gasteiger partial charge in [0.15, 0.2) is 17.0 Å². The van der Waals surface area contributed by atoms with Gasteiger partial charge in [-0.15, -0.1) is 0 Å². The van der Waals surface area contributed by atoms with E-state index in [-0.39, 0.29) is 6.42 Å². The van der Waals surface area contributed by atoms with Crippen molar-refractivity contribution in [1.82, 2.24) is 19.5 Å². The van der Waals surface area contributed by atoms with Gasteiger partial charge in [0, 0.05) is 12.6 Å². The monoisotopic (exact) mass is 428 g/mol. The van der Waals surface area contributed by atoms with Gasteiger partial charge in [-0.25, -0.2) is 24.5 Å². The van der Waals surface area contributed by atoms with E-state index in [4.69, 9.17) is 20.3 Å². The van der Waals surface area contributed by atoms with Gasteiger partial charge in [-0.1, -0.05) is 6.42 Å². The Balaban J connectivity index is 1.68. The molecule has 29 heavy (non-hydrogen) atoms. The standard InChI is InChI=1S/C16H25N6O6P/c17-5-3-1-2-4-6-18-15-14-16(20-9-19-15)22(10-21-14)13-7-11(23)12(28-13)8-27-29(24,25)26/h6,9-13,23H,1-5,7-8,17H2,(H2,24,25,26)/b18-6+/t11-,12+,13+/m0/s1. The molecule has 3 heterocycles. The Labute approximate surface area is 167 Å². The highest BCUT2D eigenvalue weighted by atomic mass is 31.2. The van der Waals surface area contributed by atoms with Gasteiger partial charge in [0.05, 0.1) is 19.0 Å². The number of aromatic nitrogens is 4. The molecule has 2 aromatic heterocycles. The average molecular weight is 428 g/mol. The highest BCUT2D eigenvalue weighted by molar-refractivity contribution is 7.46. The topological polar surface area (TPSA) is 178 Å². The Morgan fingerprint density at radius 2 is 2.17 bits per heavy atom. The number of unbranched alkanes of at least 4 members (excludes halogenated alkanes) is 3. The molecule has 13 heteroatoms. The molecule has 1 saturated heterocycles. The third-order valence-electron chi connectivity index (χ3n) is 4.51. The molecule has 12 nitrogen and oxygen atoms in total. The third-order valence-corrected chi connectivity index (χ3v) is 5.00. The van der Waals surface area contributed by atoms with Gasteiger partial charge in [0.25, 0.3) is 0 Å². The molecule has 1 fully saturated rings. The van der Waals surface area contributed by atoms with Crippen LogP contribution in [0.5, 0.6) is 0 Å². The normalized spacial score (nSPS) is 22.8. The van der Waals surface area contributed by atoms with Crippen LogP contribution in [-0.2, 0) is 13.8 Å². The van der Waals surface area contributed by atoms with Gasteiger partial charge < -0.3 is 25.4 Å². The molecule has 0 aromatic carbocycles. The molecule has 0 bridgehead atoms. The number of hydrogen-bond donors (Lipinski definition) is 4. The highest BCUT2D eigenvalue weighted by Gasteiger charge is 2.37. The van der Waals surface area contributed by atoms with E-state index in [1.165, 1.54) is 12.7 Å². The molecule has 5 N–H and O–H groups in total. The molecule has 3 atom stereocenters. The predicted molar refractivity (Wildman–Crippen MR) is 104 cm³/mol. The van der Waals surface area contributed by atoms with Crippen molar-refractivity contribution in [3.8, 4) is 0 Å². The van der Waals surface area contributed by atoms with Crippen molar-refractivity contribution in [2.24, 2.45) is 10.7 Å². The number of nitrogens with two attached hydrogens (primary N) is 1. The van der Waals surface area contributed by atoms with Crippen molar-refractivity contribution >= 4 is 31.0 Å². The van der Waals surface area contributed by atoms with Crippen LogP contribution in [0.2, 0.25) is 0 Å². The number of aliphatic hydroxyl groups is 1. The third kappa shape index (κ3) is 5.86. The van der Waals surface area contributed by atoms with E-state index in [9.17, 15) is 9.67 Å². The number of hydrogen-bond acceptors (Lipinski definition) is 9. The number of aliphatic imine (C=N–C) groups is 1. The summed E-state index contributed by atoms with van der Waals surface area (Å²) in [6.07, 6.45) is 6.30. The lowest BCUT2D eigenvalue weighted by atomic mass is 10.2. The number of phosphoric acid groups is 1. The minimum absolute atomic E-state index is 0.199. The first-order valence-electron chi connectivity index (χ1n) is 9.33. The van der Waals surface area contributed by atoms with Crippen molar-refractivity contribution in [3.05, 3.63) is 12.7 Å². The SMILES string of the molecule is NCCCCC/C=N/c1ncnc2c1ncn2[C@H]1C[C@H](O)[C@@H](COP(=O)(O)O)O1. The molecule has 0 spiro atoms. The fraction of sp³-hybridized carbons (Fsp3) is 0.625. The highest BCUT2D eigenvalue weighted by Crippen LogP contribution is 2.38. The van der Waals surface area contributed by atoms with Crippen molar-refractivity contribution in [2.45, 2.75) is 50.5 Å². The van der Waals surface area contributed by atoms with Gasteiger partial charge in [-0.3, -0.25) is 9.09 Å². The molecule has 160 valence electrons. The molecule has 0 saturated carbocycles. The minimum Gasteiger partial charge on any atom is -0.390 e. The minimum atomic E-state index is -4.64. The first kappa shape index (κ1) is 21.9. The van der Waals surface area contributed by atoms with Gasteiger partial charge in [0.1, 0.15) is 18.7 Å². The molecule has 0 unspecified atom stereocenters. The van der Waals surface area contributed by atoms with E-state index in [2.05, 4.69) is 24.5 Å². The van der Waals surface area contributed by atoms with Crippen LogP contribution in [0.25, 0.3) is 11.2 Å². The summed E-state index contributed by atoms with van der Waals surface area (Å²) < 4.78 is 22.6. The molecule has 2 aromatic rings. The predicted octanol–water partition coefficient (Wildman–Crippen LogP) is 0.805. The van der Waals surface area contributed by atoms with Crippen LogP contribution in [0.4, 0.5) is 5.82 Å².